The van der Waals surface area contributed by atoms with E-state index in [1.807, 2.05) is 66.7 Å². The Morgan fingerprint density at radius 2 is 1.68 bits per heavy atom. The van der Waals surface area contributed by atoms with Crippen LogP contribution in [-0.2, 0) is 27.5 Å². The molecule has 3 aromatic carbocycles. The number of amides is 2. The van der Waals surface area contributed by atoms with Gasteiger partial charge < -0.3 is 44.2 Å². The molecule has 1 aliphatic heterocycles. The average molecular weight is 782 g/mol. The Morgan fingerprint density at radius 1 is 0.982 bits per heavy atom. The number of likely N-dealkylation sites (N-methyl/N-ethyl adjacent to an activating group) is 1. The Kier molecular flexibility index (Phi) is 14.4. The first-order valence-electron chi connectivity index (χ1n) is 19.9. The number of carbonyl (C=O) groups excluding carboxylic acids is 2. The Labute approximate surface area is 335 Å². The van der Waals surface area contributed by atoms with Crippen molar-refractivity contribution in [2.75, 3.05) is 34.0 Å². The van der Waals surface area contributed by atoms with Gasteiger partial charge in [-0.25, -0.2) is 9.59 Å². The first-order valence-corrected chi connectivity index (χ1v) is 19.9. The fraction of sp³-hybridized carbons (Fsp3) is 0.444. The normalized spacial score (nSPS) is 23.9. The molecule has 0 saturated heterocycles. The molecular weight excluding hydrogens is 727 g/mol. The van der Waals surface area contributed by atoms with Gasteiger partial charge in [0, 0.05) is 44.7 Å². The van der Waals surface area contributed by atoms with E-state index in [1.165, 1.54) is 12.0 Å². The lowest BCUT2D eigenvalue weighted by Gasteiger charge is -2.59. The fourth-order valence-electron chi connectivity index (χ4n) is 8.73. The van der Waals surface area contributed by atoms with E-state index in [2.05, 4.69) is 18.0 Å². The number of rotatable bonds is 18. The van der Waals surface area contributed by atoms with Crippen LogP contribution in [0.15, 0.2) is 108 Å². The van der Waals surface area contributed by atoms with Crippen LogP contribution in [0.1, 0.15) is 67.6 Å². The van der Waals surface area contributed by atoms with Gasteiger partial charge in [0.2, 0.25) is 5.79 Å². The van der Waals surface area contributed by atoms with Gasteiger partial charge in [0.05, 0.1) is 25.3 Å². The predicted octanol–water partition coefficient (Wildman–Crippen LogP) is 7.51. The molecule has 12 nitrogen and oxygen atoms in total. The average Bonchev–Trinajstić information content (AvgIpc) is 3.24. The van der Waals surface area contributed by atoms with Crippen LogP contribution in [0.25, 0.3) is 0 Å². The molecule has 12 heteroatoms. The summed E-state index contributed by atoms with van der Waals surface area (Å²) >= 11 is 0. The number of benzene rings is 3. The number of aliphatic hydroxyl groups is 2. The van der Waals surface area contributed by atoms with E-state index >= 15 is 0 Å². The van der Waals surface area contributed by atoms with Crippen molar-refractivity contribution in [2.24, 2.45) is 22.9 Å². The van der Waals surface area contributed by atoms with Crippen molar-refractivity contribution in [1.82, 2.24) is 10.2 Å². The second-order valence-corrected chi connectivity index (χ2v) is 14.8. The summed E-state index contributed by atoms with van der Waals surface area (Å²) in [7, 11) is 3.01. The van der Waals surface area contributed by atoms with Crippen LogP contribution in [0.2, 0.25) is 0 Å². The van der Waals surface area contributed by atoms with Gasteiger partial charge >= 0.3 is 12.2 Å². The zero-order chi connectivity index (χ0) is 40.2. The number of methoxy groups -OCH3 is 1. The lowest BCUT2D eigenvalue weighted by atomic mass is 9.55. The molecule has 3 aliphatic rings. The van der Waals surface area contributed by atoms with Crippen LogP contribution >= 0.6 is 0 Å². The summed E-state index contributed by atoms with van der Waals surface area (Å²) < 4.78 is 25.1. The highest BCUT2D eigenvalue weighted by atomic mass is 16.7. The molecule has 1 fully saturated rings. The molecule has 3 N–H and O–H groups in total. The quantitative estimate of drug-likeness (QED) is 0.0678. The summed E-state index contributed by atoms with van der Waals surface area (Å²) in [6, 6.07) is 24.1. The number of fused-ring (bicyclic) bond motifs is 2. The van der Waals surface area contributed by atoms with Crippen molar-refractivity contribution in [3.63, 3.8) is 0 Å². The van der Waals surface area contributed by atoms with Crippen molar-refractivity contribution < 1.29 is 43.6 Å². The smallest absolute Gasteiger partial charge is 0.412 e. The molecule has 0 radical (unpaired) electrons. The maximum atomic E-state index is 13.4. The van der Waals surface area contributed by atoms with Gasteiger partial charge in [-0.3, -0.25) is 0 Å². The number of ether oxygens (including phenoxy) is 4. The Balaban J connectivity index is 1.49. The zero-order valence-electron chi connectivity index (χ0n) is 32.9. The van der Waals surface area contributed by atoms with Gasteiger partial charge in [-0.2, -0.15) is 0 Å². The van der Waals surface area contributed by atoms with Gasteiger partial charge in [-0.15, -0.1) is 6.58 Å². The highest BCUT2D eigenvalue weighted by Gasteiger charge is 2.65. The maximum Gasteiger partial charge on any atom is 0.412 e. The monoisotopic (exact) mass is 781 g/mol. The molecule has 0 bridgehead atoms. The number of hydrogen-bond donors (Lipinski definition) is 3. The first-order chi connectivity index (χ1) is 27.8. The molecule has 304 valence electrons. The molecule has 2 amide bonds. The standard InChI is InChI=1S/C45H55N3O9/c1-4-25-54-45-40(48(2)44(52)53-3)28-38(47-55-30-32-17-9-6-10-18-32)36-26-33(19-11-13-23-49)35(20-12-14-24-50)41(42(36)45)37-27-34(21-22-39(37)57-45)56-43(51)46-29-31-15-7-5-8-16-31/h4-10,15-18,21-22,26-27,33,35,40-42,49-50H,1,11-14,19-20,23-25,28-30H2,2-3H3,(H,46,51)/t33-,35+,40-,41+,42+,45+/m0/s1. The number of hydrogen-bond acceptors (Lipinski definition) is 10. The van der Waals surface area contributed by atoms with E-state index in [-0.39, 0.29) is 50.6 Å². The molecule has 57 heavy (non-hydrogen) atoms. The molecular formula is C45H55N3O9. The largest absolute Gasteiger partial charge is 0.459 e. The lowest BCUT2D eigenvalue weighted by Crippen LogP contribution is -2.69. The van der Waals surface area contributed by atoms with Gasteiger partial charge in [-0.05, 0) is 72.4 Å². The van der Waals surface area contributed by atoms with Crippen LogP contribution in [0, 0.1) is 17.8 Å². The summed E-state index contributed by atoms with van der Waals surface area (Å²) in [5.41, 5.74) is 4.31. The first kappa shape index (κ1) is 41.5. The molecule has 1 saturated carbocycles. The number of oxime groups is 1. The summed E-state index contributed by atoms with van der Waals surface area (Å²) in [4.78, 5) is 34.1. The summed E-state index contributed by atoms with van der Waals surface area (Å²) in [6.45, 7) is 4.80. The van der Waals surface area contributed by atoms with E-state index in [4.69, 9.17) is 28.9 Å². The molecule has 6 rings (SSSR count). The molecule has 0 aromatic heterocycles. The maximum absolute atomic E-state index is 13.4. The highest BCUT2D eigenvalue weighted by molar-refractivity contribution is 6.03. The van der Waals surface area contributed by atoms with Crippen LogP contribution in [-0.4, -0.2) is 78.8 Å². The van der Waals surface area contributed by atoms with E-state index in [0.29, 0.717) is 36.6 Å². The summed E-state index contributed by atoms with van der Waals surface area (Å²) in [5.74, 6) is -1.25. The molecule has 3 aromatic rings. The van der Waals surface area contributed by atoms with E-state index in [1.54, 1.807) is 25.3 Å². The van der Waals surface area contributed by atoms with E-state index in [9.17, 15) is 19.8 Å². The minimum atomic E-state index is -1.42. The Hall–Kier alpha value is -5.17. The van der Waals surface area contributed by atoms with E-state index < -0.39 is 29.9 Å². The van der Waals surface area contributed by atoms with Crippen LogP contribution in [0.3, 0.4) is 0 Å². The minimum Gasteiger partial charge on any atom is -0.459 e. The van der Waals surface area contributed by atoms with Gasteiger partial charge in [-0.1, -0.05) is 90.8 Å². The summed E-state index contributed by atoms with van der Waals surface area (Å²) in [6.07, 6.45) is 7.46. The lowest BCUT2D eigenvalue weighted by molar-refractivity contribution is -0.253. The SMILES string of the molecule is C=CCO[C@@]12Oc3ccc(OC(=O)NCc4ccccc4)cc3[C@H]3[C@H](CCCCO)[C@@H](CCCCO)C=C(C(=NOCc4ccccc4)C[C@@H]1N(C)C(=O)OC)[C@H]32. The molecule has 2 aliphatic carbocycles. The molecule has 1 heterocycles. The number of aliphatic hydroxyl groups excluding tert-OH is 2. The van der Waals surface area contributed by atoms with Crippen LogP contribution in [0.4, 0.5) is 9.59 Å². The van der Waals surface area contributed by atoms with Crippen molar-refractivity contribution in [3.05, 3.63) is 120 Å². The molecule has 0 unspecified atom stereocenters. The zero-order valence-corrected chi connectivity index (χ0v) is 32.9. The van der Waals surface area contributed by atoms with Crippen LogP contribution in [0.5, 0.6) is 11.5 Å². The second-order valence-electron chi connectivity index (χ2n) is 14.8. The van der Waals surface area contributed by atoms with Gasteiger partial charge in [0.1, 0.15) is 24.1 Å². The van der Waals surface area contributed by atoms with E-state index in [0.717, 1.165) is 47.9 Å². The number of unbranched alkanes of at least 4 members (excludes halogenated alkanes) is 2. The number of nitrogens with zero attached hydrogens (tertiary/aromatic N) is 2. The Bertz CT molecular complexity index is 1870. The minimum absolute atomic E-state index is 0.00850. The van der Waals surface area contributed by atoms with Crippen molar-refractivity contribution in [2.45, 2.75) is 75.8 Å². The third-order valence-electron chi connectivity index (χ3n) is 11.3. The van der Waals surface area contributed by atoms with Gasteiger partial charge in [0.15, 0.2) is 0 Å². The Morgan fingerprint density at radius 3 is 2.37 bits per heavy atom. The third-order valence-corrected chi connectivity index (χ3v) is 11.3. The number of nitrogens with one attached hydrogen (secondary N) is 1. The van der Waals surface area contributed by atoms with Crippen molar-refractivity contribution >= 4 is 17.9 Å². The van der Waals surface area contributed by atoms with Gasteiger partial charge in [0.25, 0.3) is 0 Å². The second kappa shape index (κ2) is 19.8. The van der Waals surface area contributed by atoms with Crippen molar-refractivity contribution in [3.8, 4) is 11.5 Å². The number of carbonyl (C=O) groups is 2. The highest BCUT2D eigenvalue weighted by Crippen LogP contribution is 2.61. The van der Waals surface area contributed by atoms with Crippen molar-refractivity contribution in [1.29, 1.82) is 0 Å². The summed E-state index contributed by atoms with van der Waals surface area (Å²) in [5, 5.41) is 27.3. The third kappa shape index (κ3) is 9.52. The number of allylic oxidation sites excluding steroid dienone is 1. The fourth-order valence-corrected chi connectivity index (χ4v) is 8.73. The topological polar surface area (TPSA) is 148 Å². The van der Waals surface area contributed by atoms with Crippen LogP contribution < -0.4 is 14.8 Å². The predicted molar refractivity (Wildman–Crippen MR) is 216 cm³/mol. The molecule has 0 spiro atoms. The molecule has 6 atom stereocenters.